The van der Waals surface area contributed by atoms with Gasteiger partial charge in [0.05, 0.1) is 11.4 Å². The maximum absolute atomic E-state index is 2.55. The minimum absolute atomic E-state index is 0.143. The molecule has 0 fully saturated rings. The van der Waals surface area contributed by atoms with Gasteiger partial charge >= 0.3 is 0 Å². The number of benzene rings is 9. The van der Waals surface area contributed by atoms with Crippen LogP contribution in [0.1, 0.15) is 25.0 Å². The summed E-state index contributed by atoms with van der Waals surface area (Å²) in [6.07, 6.45) is 0. The molecular formula is C55H39NS. The van der Waals surface area contributed by atoms with Gasteiger partial charge in [0.2, 0.25) is 0 Å². The Kier molecular flexibility index (Phi) is 7.77. The lowest BCUT2D eigenvalue weighted by Gasteiger charge is -2.31. The molecule has 0 saturated carbocycles. The fourth-order valence-corrected chi connectivity index (χ4v) is 10.5. The van der Waals surface area contributed by atoms with Crippen LogP contribution in [0.25, 0.3) is 75.5 Å². The Hall–Kier alpha value is -6.74. The van der Waals surface area contributed by atoms with E-state index in [-0.39, 0.29) is 5.41 Å². The van der Waals surface area contributed by atoms with Crippen LogP contribution in [0, 0.1) is 0 Å². The molecule has 57 heavy (non-hydrogen) atoms. The summed E-state index contributed by atoms with van der Waals surface area (Å²) in [5.41, 5.74) is 15.8. The monoisotopic (exact) mass is 745 g/mol. The molecule has 10 aromatic rings. The zero-order chi connectivity index (χ0) is 38.1. The van der Waals surface area contributed by atoms with Crippen LogP contribution < -0.4 is 4.90 Å². The van der Waals surface area contributed by atoms with Crippen LogP contribution in [0.2, 0.25) is 0 Å². The fourth-order valence-electron chi connectivity index (χ4n) is 9.38. The second kappa shape index (κ2) is 13.2. The van der Waals surface area contributed by atoms with Crippen molar-refractivity contribution in [3.8, 4) is 44.5 Å². The van der Waals surface area contributed by atoms with Crippen molar-refractivity contribution in [3.05, 3.63) is 211 Å². The molecule has 1 aliphatic rings. The summed E-state index contributed by atoms with van der Waals surface area (Å²) >= 11 is 1.88. The molecule has 0 saturated heterocycles. The van der Waals surface area contributed by atoms with E-state index in [1.165, 1.54) is 92.3 Å². The Morgan fingerprint density at radius 2 is 1.00 bits per heavy atom. The Morgan fingerprint density at radius 3 is 1.77 bits per heavy atom. The van der Waals surface area contributed by atoms with Crippen molar-refractivity contribution in [2.75, 3.05) is 4.90 Å². The smallest absolute Gasteiger partial charge is 0.0543 e. The van der Waals surface area contributed by atoms with Crippen molar-refractivity contribution in [1.29, 1.82) is 0 Å². The minimum atomic E-state index is -0.143. The number of nitrogens with zero attached hydrogens (tertiary/aromatic N) is 1. The summed E-state index contributed by atoms with van der Waals surface area (Å²) in [5, 5.41) is 5.19. The molecule has 1 nitrogen and oxygen atoms in total. The summed E-state index contributed by atoms with van der Waals surface area (Å²) in [6, 6.07) is 74.0. The number of thiophene rings is 1. The van der Waals surface area contributed by atoms with E-state index < -0.39 is 0 Å². The highest BCUT2D eigenvalue weighted by atomic mass is 32.1. The molecule has 2 heteroatoms. The van der Waals surface area contributed by atoms with E-state index >= 15 is 0 Å². The molecule has 0 radical (unpaired) electrons. The summed E-state index contributed by atoms with van der Waals surface area (Å²) in [4.78, 5) is 2.55. The molecule has 270 valence electrons. The molecule has 0 spiro atoms. The van der Waals surface area contributed by atoms with Crippen molar-refractivity contribution in [2.24, 2.45) is 0 Å². The first-order valence-electron chi connectivity index (χ1n) is 19.8. The lowest BCUT2D eigenvalue weighted by atomic mass is 9.82. The van der Waals surface area contributed by atoms with Crippen molar-refractivity contribution in [2.45, 2.75) is 19.3 Å². The summed E-state index contributed by atoms with van der Waals surface area (Å²) in [5.74, 6) is 0. The van der Waals surface area contributed by atoms with Gasteiger partial charge in [-0.2, -0.15) is 0 Å². The number of hydrogen-bond donors (Lipinski definition) is 0. The molecule has 1 heterocycles. The Morgan fingerprint density at radius 1 is 0.404 bits per heavy atom. The lowest BCUT2D eigenvalue weighted by molar-refractivity contribution is 0.660. The molecular weight excluding hydrogens is 707 g/mol. The van der Waals surface area contributed by atoms with Crippen LogP contribution >= 0.6 is 11.3 Å². The van der Waals surface area contributed by atoms with Crippen molar-refractivity contribution in [1.82, 2.24) is 0 Å². The van der Waals surface area contributed by atoms with E-state index in [2.05, 4.69) is 219 Å². The quantitative estimate of drug-likeness (QED) is 0.164. The van der Waals surface area contributed by atoms with E-state index in [1.54, 1.807) is 0 Å². The number of para-hydroxylation sites is 1. The summed E-state index contributed by atoms with van der Waals surface area (Å²) in [6.45, 7) is 4.74. The zero-order valence-electron chi connectivity index (χ0n) is 31.9. The molecule has 0 amide bonds. The summed E-state index contributed by atoms with van der Waals surface area (Å²) in [7, 11) is 0. The van der Waals surface area contributed by atoms with E-state index in [9.17, 15) is 0 Å². The molecule has 1 aliphatic carbocycles. The van der Waals surface area contributed by atoms with Crippen LogP contribution in [0.5, 0.6) is 0 Å². The number of fused-ring (bicyclic) bond motifs is 8. The first-order chi connectivity index (χ1) is 28.0. The van der Waals surface area contributed by atoms with E-state index in [4.69, 9.17) is 0 Å². The average Bonchev–Trinajstić information content (AvgIpc) is 3.77. The molecule has 9 aromatic carbocycles. The first-order valence-corrected chi connectivity index (χ1v) is 20.6. The molecule has 0 N–H and O–H groups in total. The molecule has 1 aromatic heterocycles. The number of hydrogen-bond acceptors (Lipinski definition) is 2. The van der Waals surface area contributed by atoms with E-state index in [0.29, 0.717) is 0 Å². The molecule has 11 rings (SSSR count). The Balaban J connectivity index is 1.25. The SMILES string of the molecule is CC1(C)c2ccccc2-c2c(N(c3cc(-c4ccccc4)cc(-c4ccccc4)c3)c3ccccc3-c3cccc4ccc5sc6ccccc6c5c34)cccc21. The first kappa shape index (κ1) is 33.6. The largest absolute Gasteiger partial charge is 0.309 e. The Bertz CT molecular complexity index is 3100. The normalized spacial score (nSPS) is 12.9. The molecule has 0 bridgehead atoms. The van der Waals surface area contributed by atoms with Crippen LogP contribution in [0.4, 0.5) is 17.1 Å². The van der Waals surface area contributed by atoms with Crippen LogP contribution in [0.15, 0.2) is 200 Å². The van der Waals surface area contributed by atoms with Gasteiger partial charge in [-0.15, -0.1) is 11.3 Å². The second-order valence-corrected chi connectivity index (χ2v) is 16.7. The highest BCUT2D eigenvalue weighted by Crippen LogP contribution is 2.56. The van der Waals surface area contributed by atoms with Crippen LogP contribution in [-0.4, -0.2) is 0 Å². The van der Waals surface area contributed by atoms with Gasteiger partial charge in [0.15, 0.2) is 0 Å². The standard InChI is InChI=1S/C55H39NS/c1-55(2)46-26-12-9-23-44(46)53-47(55)27-16-29-49(53)56(41-34-39(36-17-5-3-6-18-36)33-40(35-41)37-19-7-4-8-20-37)48-28-13-10-22-42(48)43-25-15-21-38-31-32-51-54(52(38)43)45-24-11-14-30-50(45)57-51/h3-35H,1-2H3. The Labute approximate surface area is 337 Å². The van der Waals surface area contributed by atoms with Gasteiger partial charge in [0.1, 0.15) is 0 Å². The van der Waals surface area contributed by atoms with E-state index in [1.807, 2.05) is 11.3 Å². The molecule has 0 aliphatic heterocycles. The van der Waals surface area contributed by atoms with Gasteiger partial charge < -0.3 is 4.90 Å². The van der Waals surface area contributed by atoms with Crippen molar-refractivity contribution in [3.63, 3.8) is 0 Å². The van der Waals surface area contributed by atoms with Crippen LogP contribution in [-0.2, 0) is 5.41 Å². The topological polar surface area (TPSA) is 3.24 Å². The van der Waals surface area contributed by atoms with Crippen LogP contribution in [0.3, 0.4) is 0 Å². The van der Waals surface area contributed by atoms with E-state index in [0.717, 1.165) is 11.4 Å². The van der Waals surface area contributed by atoms with Gasteiger partial charge in [0, 0.05) is 42.4 Å². The van der Waals surface area contributed by atoms with Gasteiger partial charge in [-0.25, -0.2) is 0 Å². The third-order valence-electron chi connectivity index (χ3n) is 12.0. The number of rotatable bonds is 6. The maximum atomic E-state index is 2.55. The van der Waals surface area contributed by atoms with Gasteiger partial charge in [-0.05, 0) is 97.7 Å². The lowest BCUT2D eigenvalue weighted by Crippen LogP contribution is -2.16. The third-order valence-corrected chi connectivity index (χ3v) is 13.2. The third kappa shape index (κ3) is 5.36. The van der Waals surface area contributed by atoms with Crippen molar-refractivity contribution >= 4 is 59.3 Å². The fraction of sp³-hybridized carbons (Fsp3) is 0.0545. The highest BCUT2D eigenvalue weighted by molar-refractivity contribution is 7.26. The predicted octanol–water partition coefficient (Wildman–Crippen LogP) is 16.0. The van der Waals surface area contributed by atoms with Crippen molar-refractivity contribution < 1.29 is 0 Å². The van der Waals surface area contributed by atoms with Gasteiger partial charge in [-0.1, -0.05) is 172 Å². The predicted molar refractivity (Wildman–Crippen MR) is 245 cm³/mol. The van der Waals surface area contributed by atoms with Gasteiger partial charge in [0.25, 0.3) is 0 Å². The second-order valence-electron chi connectivity index (χ2n) is 15.7. The number of anilines is 3. The molecule has 0 unspecified atom stereocenters. The molecule has 0 atom stereocenters. The van der Waals surface area contributed by atoms with Gasteiger partial charge in [-0.3, -0.25) is 0 Å². The minimum Gasteiger partial charge on any atom is -0.309 e. The highest BCUT2D eigenvalue weighted by Gasteiger charge is 2.38. The summed E-state index contributed by atoms with van der Waals surface area (Å²) < 4.78 is 2.63. The zero-order valence-corrected chi connectivity index (χ0v) is 32.7. The maximum Gasteiger partial charge on any atom is 0.0543 e. The average molecular weight is 746 g/mol.